The van der Waals surface area contributed by atoms with Gasteiger partial charge in [0.25, 0.3) is 0 Å². The molecule has 2 heterocycles. The van der Waals surface area contributed by atoms with Gasteiger partial charge >= 0.3 is 0 Å². The molecular formula is C7H8N2. The number of nitrogens with zero attached hydrogens (tertiary/aromatic N) is 1. The molecule has 2 heteroatoms. The Morgan fingerprint density at radius 3 is 3.44 bits per heavy atom. The van der Waals surface area contributed by atoms with Gasteiger partial charge in [-0.1, -0.05) is 0 Å². The first kappa shape index (κ1) is 4.68. The van der Waals surface area contributed by atoms with Crippen LogP contribution in [0.5, 0.6) is 0 Å². The number of aromatic nitrogens is 1. The van der Waals surface area contributed by atoms with Crippen LogP contribution in [0.3, 0.4) is 0 Å². The lowest BCUT2D eigenvalue weighted by Crippen LogP contribution is -2.12. The average Bonchev–Trinajstić information content (AvgIpc) is 2.33. The summed E-state index contributed by atoms with van der Waals surface area (Å²) in [5.41, 5.74) is 1.32. The summed E-state index contributed by atoms with van der Waals surface area (Å²) in [5.74, 6) is 0. The Labute approximate surface area is 53.8 Å². The molecule has 0 bridgehead atoms. The fourth-order valence-corrected chi connectivity index (χ4v) is 1.02. The van der Waals surface area contributed by atoms with Crippen molar-refractivity contribution in [1.29, 1.82) is 0 Å². The summed E-state index contributed by atoms with van der Waals surface area (Å²) in [6, 6.07) is 4.16. The standard InChI is InChI=1S/C7H8N2/c1-2-7-6-8-3-5-9(7)4-1/h1-5,8H,6H2. The van der Waals surface area contributed by atoms with E-state index in [0.717, 1.165) is 6.54 Å². The van der Waals surface area contributed by atoms with Crippen molar-refractivity contribution in [2.24, 2.45) is 0 Å². The molecule has 1 aliphatic heterocycles. The fourth-order valence-electron chi connectivity index (χ4n) is 1.02. The van der Waals surface area contributed by atoms with Gasteiger partial charge in [0.1, 0.15) is 0 Å². The zero-order valence-electron chi connectivity index (χ0n) is 5.04. The van der Waals surface area contributed by atoms with Crippen molar-refractivity contribution in [3.8, 4) is 0 Å². The fraction of sp³-hybridized carbons (Fsp3) is 0.143. The third-order valence-corrected chi connectivity index (χ3v) is 1.50. The number of hydrogen-bond acceptors (Lipinski definition) is 1. The summed E-state index contributed by atoms with van der Waals surface area (Å²) in [6.45, 7) is 0.948. The van der Waals surface area contributed by atoms with Gasteiger partial charge < -0.3 is 9.88 Å². The Morgan fingerprint density at radius 2 is 2.56 bits per heavy atom. The third kappa shape index (κ3) is 0.633. The maximum absolute atomic E-state index is 3.13. The highest BCUT2D eigenvalue weighted by Gasteiger charge is 1.98. The highest BCUT2D eigenvalue weighted by molar-refractivity contribution is 5.30. The quantitative estimate of drug-likeness (QED) is 0.541. The highest BCUT2D eigenvalue weighted by Crippen LogP contribution is 2.04. The molecule has 0 fully saturated rings. The number of rotatable bonds is 0. The molecule has 0 amide bonds. The molecular weight excluding hydrogens is 112 g/mol. The van der Waals surface area contributed by atoms with Crippen LogP contribution in [0.25, 0.3) is 6.20 Å². The van der Waals surface area contributed by atoms with Crippen molar-refractivity contribution in [1.82, 2.24) is 9.88 Å². The van der Waals surface area contributed by atoms with Gasteiger partial charge in [0.15, 0.2) is 0 Å². The van der Waals surface area contributed by atoms with E-state index in [9.17, 15) is 0 Å². The van der Waals surface area contributed by atoms with E-state index in [0.29, 0.717) is 0 Å². The van der Waals surface area contributed by atoms with Crippen molar-refractivity contribution in [3.05, 3.63) is 30.2 Å². The number of fused-ring (bicyclic) bond motifs is 1. The Hall–Kier alpha value is -1.18. The Bertz CT molecular complexity index is 235. The van der Waals surface area contributed by atoms with Gasteiger partial charge in [-0.3, -0.25) is 0 Å². The van der Waals surface area contributed by atoms with Crippen LogP contribution < -0.4 is 5.32 Å². The Kier molecular flexibility index (Phi) is 0.859. The maximum atomic E-state index is 3.13. The summed E-state index contributed by atoms with van der Waals surface area (Å²) in [7, 11) is 0. The van der Waals surface area contributed by atoms with E-state index < -0.39 is 0 Å². The first-order valence-electron chi connectivity index (χ1n) is 3.02. The van der Waals surface area contributed by atoms with Crippen LogP contribution in [0.15, 0.2) is 24.5 Å². The first-order chi connectivity index (χ1) is 4.47. The summed E-state index contributed by atoms with van der Waals surface area (Å²) < 4.78 is 2.11. The lowest BCUT2D eigenvalue weighted by atomic mass is 10.4. The second-order valence-electron chi connectivity index (χ2n) is 2.10. The Morgan fingerprint density at radius 1 is 1.56 bits per heavy atom. The molecule has 0 saturated carbocycles. The minimum atomic E-state index is 0.948. The number of nitrogens with one attached hydrogen (secondary N) is 1. The third-order valence-electron chi connectivity index (χ3n) is 1.50. The van der Waals surface area contributed by atoms with E-state index in [2.05, 4.69) is 16.0 Å². The van der Waals surface area contributed by atoms with Gasteiger partial charge in [-0.25, -0.2) is 0 Å². The van der Waals surface area contributed by atoms with E-state index >= 15 is 0 Å². The normalized spacial score (nSPS) is 14.7. The van der Waals surface area contributed by atoms with E-state index in [1.165, 1.54) is 5.69 Å². The van der Waals surface area contributed by atoms with Crippen molar-refractivity contribution in [2.75, 3.05) is 0 Å². The predicted octanol–water partition coefficient (Wildman–Crippen LogP) is 1.02. The Balaban J connectivity index is 2.53. The van der Waals surface area contributed by atoms with Gasteiger partial charge in [-0.15, -0.1) is 0 Å². The topological polar surface area (TPSA) is 17.0 Å². The molecule has 1 N–H and O–H groups in total. The van der Waals surface area contributed by atoms with Crippen LogP contribution in [0.1, 0.15) is 5.69 Å². The molecule has 9 heavy (non-hydrogen) atoms. The van der Waals surface area contributed by atoms with Crippen LogP contribution in [0.4, 0.5) is 0 Å². The van der Waals surface area contributed by atoms with E-state index in [1.54, 1.807) is 0 Å². The molecule has 0 atom stereocenters. The van der Waals surface area contributed by atoms with Crippen molar-refractivity contribution in [2.45, 2.75) is 6.54 Å². The highest BCUT2D eigenvalue weighted by atomic mass is 15.0. The minimum Gasteiger partial charge on any atom is -0.384 e. The lowest BCUT2D eigenvalue weighted by Gasteiger charge is -2.08. The molecule has 0 radical (unpaired) electrons. The average molecular weight is 120 g/mol. The van der Waals surface area contributed by atoms with Crippen LogP contribution in [-0.2, 0) is 6.54 Å². The molecule has 0 saturated heterocycles. The molecule has 1 aromatic rings. The first-order valence-corrected chi connectivity index (χ1v) is 3.02. The monoisotopic (exact) mass is 120 g/mol. The van der Waals surface area contributed by atoms with Gasteiger partial charge in [0.05, 0.1) is 6.54 Å². The lowest BCUT2D eigenvalue weighted by molar-refractivity contribution is 0.789. The van der Waals surface area contributed by atoms with E-state index in [4.69, 9.17) is 0 Å². The van der Waals surface area contributed by atoms with E-state index in [-0.39, 0.29) is 0 Å². The predicted molar refractivity (Wildman–Crippen MR) is 36.6 cm³/mol. The van der Waals surface area contributed by atoms with Crippen LogP contribution in [0.2, 0.25) is 0 Å². The number of hydrogen-bond donors (Lipinski definition) is 1. The molecule has 46 valence electrons. The maximum Gasteiger partial charge on any atom is 0.0551 e. The molecule has 2 rings (SSSR count). The SMILES string of the molecule is C1=Cn2cccc2CN1. The molecule has 1 aliphatic rings. The molecule has 1 aromatic heterocycles. The van der Waals surface area contributed by atoms with Gasteiger partial charge in [-0.2, -0.15) is 0 Å². The second-order valence-corrected chi connectivity index (χ2v) is 2.10. The minimum absolute atomic E-state index is 0.948. The largest absolute Gasteiger partial charge is 0.384 e. The summed E-state index contributed by atoms with van der Waals surface area (Å²) in [4.78, 5) is 0. The summed E-state index contributed by atoms with van der Waals surface area (Å²) >= 11 is 0. The van der Waals surface area contributed by atoms with Gasteiger partial charge in [0.2, 0.25) is 0 Å². The summed E-state index contributed by atoms with van der Waals surface area (Å²) in [6.07, 6.45) is 6.01. The van der Waals surface area contributed by atoms with Crippen molar-refractivity contribution in [3.63, 3.8) is 0 Å². The van der Waals surface area contributed by atoms with Crippen LogP contribution in [-0.4, -0.2) is 4.57 Å². The second kappa shape index (κ2) is 1.65. The smallest absolute Gasteiger partial charge is 0.0551 e. The molecule has 0 aliphatic carbocycles. The molecule has 2 nitrogen and oxygen atoms in total. The molecule has 0 spiro atoms. The molecule has 0 unspecified atom stereocenters. The van der Waals surface area contributed by atoms with Crippen LogP contribution in [0, 0.1) is 0 Å². The zero-order chi connectivity index (χ0) is 6.10. The molecule has 0 aromatic carbocycles. The van der Waals surface area contributed by atoms with Gasteiger partial charge in [0, 0.05) is 24.3 Å². The van der Waals surface area contributed by atoms with Crippen molar-refractivity contribution >= 4 is 6.20 Å². The zero-order valence-corrected chi connectivity index (χ0v) is 5.04. The van der Waals surface area contributed by atoms with Crippen molar-refractivity contribution < 1.29 is 0 Å². The van der Waals surface area contributed by atoms with E-state index in [1.807, 2.05) is 24.7 Å². The summed E-state index contributed by atoms with van der Waals surface area (Å²) in [5, 5.41) is 3.13. The van der Waals surface area contributed by atoms with Crippen LogP contribution >= 0.6 is 0 Å². The van der Waals surface area contributed by atoms with Gasteiger partial charge in [-0.05, 0) is 12.1 Å².